The van der Waals surface area contributed by atoms with Gasteiger partial charge < -0.3 is 15.7 Å². The summed E-state index contributed by atoms with van der Waals surface area (Å²) < 4.78 is 0. The number of carbonyl (C=O) groups excluding carboxylic acids is 1. The summed E-state index contributed by atoms with van der Waals surface area (Å²) in [5.74, 6) is 0.0309. The zero-order valence-electron chi connectivity index (χ0n) is 9.68. The quantitative estimate of drug-likeness (QED) is 0.575. The summed E-state index contributed by atoms with van der Waals surface area (Å²) in [6.07, 6.45) is 3.88. The minimum atomic E-state index is -0.148. The molecule has 1 saturated carbocycles. The van der Waals surface area contributed by atoms with Gasteiger partial charge in [-0.15, -0.1) is 0 Å². The average Bonchev–Trinajstić information content (AvgIpc) is 3.04. The smallest absolute Gasteiger partial charge is 0.234 e. The molecule has 88 valence electrons. The molecule has 15 heavy (non-hydrogen) atoms. The van der Waals surface area contributed by atoms with Crippen molar-refractivity contribution in [2.24, 2.45) is 0 Å². The Bertz CT molecular complexity index is 211. The third kappa shape index (κ3) is 3.80. The molecule has 0 aliphatic heterocycles. The largest absolute Gasteiger partial charge is 0.394 e. The van der Waals surface area contributed by atoms with Gasteiger partial charge in [-0.1, -0.05) is 13.8 Å². The topological polar surface area (TPSA) is 61.4 Å². The predicted octanol–water partition coefficient (Wildman–Crippen LogP) is 0.406. The van der Waals surface area contributed by atoms with Crippen LogP contribution in [-0.4, -0.2) is 35.7 Å². The van der Waals surface area contributed by atoms with E-state index in [0.29, 0.717) is 6.54 Å². The maximum atomic E-state index is 11.5. The number of hydrogen-bond donors (Lipinski definition) is 3. The molecule has 1 aliphatic rings. The number of aliphatic hydroxyl groups is 1. The van der Waals surface area contributed by atoms with Gasteiger partial charge in [0.25, 0.3) is 0 Å². The summed E-state index contributed by atoms with van der Waals surface area (Å²) in [5.41, 5.74) is -0.148. The molecule has 1 aliphatic carbocycles. The van der Waals surface area contributed by atoms with Crippen LogP contribution in [0.25, 0.3) is 0 Å². The van der Waals surface area contributed by atoms with Gasteiger partial charge in [0.15, 0.2) is 0 Å². The van der Waals surface area contributed by atoms with Gasteiger partial charge in [0.05, 0.1) is 13.2 Å². The summed E-state index contributed by atoms with van der Waals surface area (Å²) in [6.45, 7) is 4.58. The fourth-order valence-electron chi connectivity index (χ4n) is 1.58. The lowest BCUT2D eigenvalue weighted by atomic mass is 10.2. The maximum absolute atomic E-state index is 11.5. The summed E-state index contributed by atoms with van der Waals surface area (Å²) >= 11 is 0. The van der Waals surface area contributed by atoms with Crippen molar-refractivity contribution in [3.8, 4) is 0 Å². The molecule has 1 rings (SSSR count). The number of nitrogens with one attached hydrogen (secondary N) is 2. The van der Waals surface area contributed by atoms with E-state index < -0.39 is 0 Å². The molecule has 0 atom stereocenters. The van der Waals surface area contributed by atoms with Crippen LogP contribution >= 0.6 is 0 Å². The molecule has 4 heteroatoms. The molecular weight excluding hydrogens is 192 g/mol. The molecule has 1 fully saturated rings. The Morgan fingerprint density at radius 2 is 2.00 bits per heavy atom. The van der Waals surface area contributed by atoms with E-state index >= 15 is 0 Å². The first-order valence-corrected chi connectivity index (χ1v) is 5.81. The van der Waals surface area contributed by atoms with Crippen LogP contribution in [0.3, 0.4) is 0 Å². The fraction of sp³-hybridized carbons (Fsp3) is 0.909. The monoisotopic (exact) mass is 214 g/mol. The molecule has 0 heterocycles. The summed E-state index contributed by atoms with van der Waals surface area (Å²) in [7, 11) is 0. The third-order valence-electron chi connectivity index (χ3n) is 3.13. The molecule has 3 N–H and O–H groups in total. The van der Waals surface area contributed by atoms with Gasteiger partial charge in [-0.3, -0.25) is 4.79 Å². The van der Waals surface area contributed by atoms with Crippen LogP contribution in [0.15, 0.2) is 0 Å². The minimum absolute atomic E-state index is 0.0309. The summed E-state index contributed by atoms with van der Waals surface area (Å²) in [5, 5.41) is 15.1. The fourth-order valence-corrected chi connectivity index (χ4v) is 1.58. The van der Waals surface area contributed by atoms with E-state index in [4.69, 9.17) is 5.11 Å². The first-order chi connectivity index (χ1) is 7.15. The van der Waals surface area contributed by atoms with Crippen LogP contribution in [0.4, 0.5) is 0 Å². The molecule has 0 aromatic carbocycles. The van der Waals surface area contributed by atoms with Crippen LogP contribution in [0.2, 0.25) is 0 Å². The molecule has 0 radical (unpaired) electrons. The number of aliphatic hydroxyl groups excluding tert-OH is 1. The van der Waals surface area contributed by atoms with Crippen molar-refractivity contribution in [2.75, 3.05) is 13.2 Å². The SMILES string of the molecule is CCC(CC)NC(=O)CNC1(CO)CC1. The zero-order chi connectivity index (χ0) is 11.3. The lowest BCUT2D eigenvalue weighted by molar-refractivity contribution is -0.121. The second kappa shape index (κ2) is 5.47. The molecule has 0 spiro atoms. The van der Waals surface area contributed by atoms with Gasteiger partial charge in [-0.2, -0.15) is 0 Å². The second-order valence-electron chi connectivity index (χ2n) is 4.37. The van der Waals surface area contributed by atoms with Crippen LogP contribution < -0.4 is 10.6 Å². The highest BCUT2D eigenvalue weighted by Gasteiger charge is 2.41. The average molecular weight is 214 g/mol. The minimum Gasteiger partial charge on any atom is -0.394 e. The second-order valence-corrected chi connectivity index (χ2v) is 4.37. The van der Waals surface area contributed by atoms with Crippen molar-refractivity contribution in [3.05, 3.63) is 0 Å². The number of rotatable bonds is 7. The molecule has 0 unspecified atom stereocenters. The van der Waals surface area contributed by atoms with E-state index in [1.165, 1.54) is 0 Å². The maximum Gasteiger partial charge on any atom is 0.234 e. The number of amides is 1. The van der Waals surface area contributed by atoms with Gasteiger partial charge in [0.1, 0.15) is 0 Å². The standard InChI is InChI=1S/C11H22N2O2/c1-3-9(4-2)13-10(15)7-12-11(8-14)5-6-11/h9,12,14H,3-8H2,1-2H3,(H,13,15). The molecule has 1 amide bonds. The Hall–Kier alpha value is -0.610. The first kappa shape index (κ1) is 12.5. The molecule has 0 saturated heterocycles. The normalized spacial score (nSPS) is 17.9. The Morgan fingerprint density at radius 1 is 1.40 bits per heavy atom. The van der Waals surface area contributed by atoms with E-state index in [-0.39, 0.29) is 24.1 Å². The van der Waals surface area contributed by atoms with E-state index in [1.54, 1.807) is 0 Å². The van der Waals surface area contributed by atoms with E-state index in [2.05, 4.69) is 24.5 Å². The van der Waals surface area contributed by atoms with Crippen molar-refractivity contribution in [1.82, 2.24) is 10.6 Å². The van der Waals surface area contributed by atoms with Gasteiger partial charge in [0.2, 0.25) is 5.91 Å². The highest BCUT2D eigenvalue weighted by molar-refractivity contribution is 5.78. The Kier molecular flexibility index (Phi) is 4.54. The summed E-state index contributed by atoms with van der Waals surface area (Å²) in [4.78, 5) is 11.5. The van der Waals surface area contributed by atoms with Crippen molar-refractivity contribution in [2.45, 2.75) is 51.1 Å². The van der Waals surface area contributed by atoms with Crippen molar-refractivity contribution in [1.29, 1.82) is 0 Å². The van der Waals surface area contributed by atoms with Crippen LogP contribution in [0, 0.1) is 0 Å². The van der Waals surface area contributed by atoms with E-state index in [1.807, 2.05) is 0 Å². The molecule has 4 nitrogen and oxygen atoms in total. The lowest BCUT2D eigenvalue weighted by Crippen LogP contribution is -2.45. The Labute approximate surface area is 91.4 Å². The lowest BCUT2D eigenvalue weighted by Gasteiger charge is -2.17. The Balaban J connectivity index is 2.18. The predicted molar refractivity (Wildman–Crippen MR) is 59.6 cm³/mol. The molecule has 0 aromatic heterocycles. The van der Waals surface area contributed by atoms with E-state index in [0.717, 1.165) is 25.7 Å². The van der Waals surface area contributed by atoms with Gasteiger partial charge in [-0.05, 0) is 25.7 Å². The highest BCUT2D eigenvalue weighted by atomic mass is 16.3. The first-order valence-electron chi connectivity index (χ1n) is 5.81. The van der Waals surface area contributed by atoms with Crippen LogP contribution in [0.1, 0.15) is 39.5 Å². The number of hydrogen-bond acceptors (Lipinski definition) is 3. The van der Waals surface area contributed by atoms with Crippen molar-refractivity contribution >= 4 is 5.91 Å². The van der Waals surface area contributed by atoms with Gasteiger partial charge in [0, 0.05) is 11.6 Å². The van der Waals surface area contributed by atoms with Crippen molar-refractivity contribution < 1.29 is 9.90 Å². The van der Waals surface area contributed by atoms with Crippen molar-refractivity contribution in [3.63, 3.8) is 0 Å². The highest BCUT2D eigenvalue weighted by Crippen LogP contribution is 2.34. The molecular formula is C11H22N2O2. The molecule has 0 aromatic rings. The number of carbonyl (C=O) groups is 1. The molecule has 0 bridgehead atoms. The third-order valence-corrected chi connectivity index (χ3v) is 3.13. The van der Waals surface area contributed by atoms with Crippen LogP contribution in [0.5, 0.6) is 0 Å². The Morgan fingerprint density at radius 3 is 2.40 bits per heavy atom. The van der Waals surface area contributed by atoms with Crippen LogP contribution in [-0.2, 0) is 4.79 Å². The van der Waals surface area contributed by atoms with Gasteiger partial charge >= 0.3 is 0 Å². The van der Waals surface area contributed by atoms with E-state index in [9.17, 15) is 4.79 Å². The zero-order valence-corrected chi connectivity index (χ0v) is 9.68. The summed E-state index contributed by atoms with van der Waals surface area (Å²) in [6, 6.07) is 0.281. The van der Waals surface area contributed by atoms with Gasteiger partial charge in [-0.25, -0.2) is 0 Å².